The molecule has 7 heteroatoms. The van der Waals surface area contributed by atoms with Gasteiger partial charge in [-0.25, -0.2) is 17.5 Å². The average Bonchev–Trinajstić information content (AvgIpc) is 2.87. The number of sulfonamides is 1. The molecular weight excluding hydrogens is 313 g/mol. The molecule has 0 amide bonds. The number of aliphatic hydroxyl groups excluding tert-OH is 1. The van der Waals surface area contributed by atoms with Crippen molar-refractivity contribution in [2.24, 2.45) is 0 Å². The molecule has 0 aliphatic carbocycles. The van der Waals surface area contributed by atoms with E-state index in [0.717, 1.165) is 4.88 Å². The van der Waals surface area contributed by atoms with Gasteiger partial charge in [0.05, 0.1) is 6.10 Å². The van der Waals surface area contributed by atoms with Gasteiger partial charge < -0.3 is 5.11 Å². The van der Waals surface area contributed by atoms with Crippen LogP contribution in [0.1, 0.15) is 23.0 Å². The fraction of sp³-hybridized carbons (Fsp3) is 0.286. The van der Waals surface area contributed by atoms with E-state index in [2.05, 4.69) is 4.72 Å². The molecule has 1 heterocycles. The number of thiophene rings is 1. The van der Waals surface area contributed by atoms with Crippen molar-refractivity contribution in [3.63, 3.8) is 0 Å². The molecule has 114 valence electrons. The Kier molecular flexibility index (Phi) is 5.10. The number of nitrogens with one attached hydrogen (secondary N) is 1. The van der Waals surface area contributed by atoms with Gasteiger partial charge in [-0.1, -0.05) is 12.1 Å². The highest BCUT2D eigenvalue weighted by atomic mass is 32.2. The van der Waals surface area contributed by atoms with Crippen molar-refractivity contribution in [3.8, 4) is 0 Å². The Balaban J connectivity index is 1.90. The maximum atomic E-state index is 12.8. The van der Waals surface area contributed by atoms with Gasteiger partial charge in [0.2, 0.25) is 10.0 Å². The van der Waals surface area contributed by atoms with E-state index in [1.54, 1.807) is 12.1 Å². The van der Waals surface area contributed by atoms with Crippen molar-refractivity contribution in [2.75, 3.05) is 6.54 Å². The van der Waals surface area contributed by atoms with E-state index in [0.29, 0.717) is 5.56 Å². The molecule has 0 spiro atoms. The van der Waals surface area contributed by atoms with Crippen LogP contribution in [0.15, 0.2) is 40.6 Å². The summed E-state index contributed by atoms with van der Waals surface area (Å²) in [4.78, 5) is 0.918. The number of aliphatic hydroxyl groups is 1. The van der Waals surface area contributed by atoms with Crippen LogP contribution >= 0.6 is 11.3 Å². The van der Waals surface area contributed by atoms with Crippen molar-refractivity contribution in [3.05, 3.63) is 52.7 Å². The summed E-state index contributed by atoms with van der Waals surface area (Å²) >= 11 is 1.20. The fourth-order valence-corrected chi connectivity index (χ4v) is 4.18. The number of hydrogen-bond acceptors (Lipinski definition) is 4. The molecule has 0 radical (unpaired) electrons. The molecule has 1 atom stereocenters. The van der Waals surface area contributed by atoms with E-state index < -0.39 is 16.1 Å². The first kappa shape index (κ1) is 16.1. The molecule has 0 bridgehead atoms. The predicted molar refractivity (Wildman–Crippen MR) is 80.2 cm³/mol. The number of aryl methyl sites for hydroxylation is 1. The normalized spacial score (nSPS) is 13.3. The van der Waals surface area contributed by atoms with Crippen LogP contribution in [0.2, 0.25) is 0 Å². The predicted octanol–water partition coefficient (Wildman–Crippen LogP) is 2.60. The van der Waals surface area contributed by atoms with E-state index >= 15 is 0 Å². The Morgan fingerprint density at radius 1 is 1.24 bits per heavy atom. The Morgan fingerprint density at radius 3 is 2.48 bits per heavy atom. The summed E-state index contributed by atoms with van der Waals surface area (Å²) in [6, 6.07) is 8.79. The van der Waals surface area contributed by atoms with E-state index in [-0.39, 0.29) is 23.0 Å². The van der Waals surface area contributed by atoms with E-state index in [1.807, 2.05) is 6.92 Å². The first-order chi connectivity index (χ1) is 9.88. The first-order valence-corrected chi connectivity index (χ1v) is 8.68. The minimum atomic E-state index is -3.53. The van der Waals surface area contributed by atoms with Gasteiger partial charge in [0.1, 0.15) is 10.0 Å². The van der Waals surface area contributed by atoms with E-state index in [9.17, 15) is 17.9 Å². The summed E-state index contributed by atoms with van der Waals surface area (Å²) < 4.78 is 39.4. The number of halogens is 1. The fourth-order valence-electron chi connectivity index (χ4n) is 1.81. The summed E-state index contributed by atoms with van der Waals surface area (Å²) in [6.07, 6.45) is -0.617. The minimum Gasteiger partial charge on any atom is -0.388 e. The van der Waals surface area contributed by atoms with Crippen molar-refractivity contribution in [1.29, 1.82) is 0 Å². The van der Waals surface area contributed by atoms with Crippen LogP contribution in [0.3, 0.4) is 0 Å². The first-order valence-electron chi connectivity index (χ1n) is 6.38. The maximum absolute atomic E-state index is 12.8. The zero-order valence-corrected chi connectivity index (χ0v) is 13.0. The lowest BCUT2D eigenvalue weighted by Gasteiger charge is -2.11. The minimum absolute atomic E-state index is 0.109. The van der Waals surface area contributed by atoms with Crippen LogP contribution in [-0.4, -0.2) is 20.1 Å². The molecule has 2 aromatic rings. The van der Waals surface area contributed by atoms with Crippen LogP contribution < -0.4 is 4.72 Å². The number of benzene rings is 1. The third-order valence-corrected chi connectivity index (χ3v) is 5.90. The smallest absolute Gasteiger partial charge is 0.250 e. The van der Waals surface area contributed by atoms with Gasteiger partial charge in [-0.15, -0.1) is 11.3 Å². The molecule has 2 rings (SSSR count). The Morgan fingerprint density at radius 2 is 1.90 bits per heavy atom. The van der Waals surface area contributed by atoms with Crippen LogP contribution in [0, 0.1) is 12.7 Å². The number of rotatable bonds is 6. The van der Waals surface area contributed by atoms with Gasteiger partial charge in [0, 0.05) is 11.4 Å². The van der Waals surface area contributed by atoms with Crippen LogP contribution in [0.25, 0.3) is 0 Å². The van der Waals surface area contributed by atoms with Crippen LogP contribution in [0.5, 0.6) is 0 Å². The van der Waals surface area contributed by atoms with Gasteiger partial charge in [-0.2, -0.15) is 0 Å². The van der Waals surface area contributed by atoms with Gasteiger partial charge in [0.15, 0.2) is 0 Å². The molecular formula is C14H16FNO3S2. The molecule has 4 nitrogen and oxygen atoms in total. The van der Waals surface area contributed by atoms with E-state index in [4.69, 9.17) is 0 Å². The summed E-state index contributed by atoms with van der Waals surface area (Å²) in [5, 5.41) is 9.93. The van der Waals surface area contributed by atoms with Crippen molar-refractivity contribution >= 4 is 21.4 Å². The van der Waals surface area contributed by atoms with E-state index in [1.165, 1.54) is 35.6 Å². The van der Waals surface area contributed by atoms with Gasteiger partial charge in [-0.05, 0) is 43.2 Å². The van der Waals surface area contributed by atoms with Crippen molar-refractivity contribution in [2.45, 2.75) is 23.7 Å². The van der Waals surface area contributed by atoms with Crippen LogP contribution in [-0.2, 0) is 10.0 Å². The Labute approximate surface area is 127 Å². The summed E-state index contributed by atoms with van der Waals surface area (Å²) in [5.41, 5.74) is 0.558. The highest BCUT2D eigenvalue weighted by Crippen LogP contribution is 2.21. The monoisotopic (exact) mass is 329 g/mol. The van der Waals surface area contributed by atoms with Gasteiger partial charge in [0.25, 0.3) is 0 Å². The zero-order valence-electron chi connectivity index (χ0n) is 11.4. The molecule has 1 aromatic heterocycles. The lowest BCUT2D eigenvalue weighted by atomic mass is 10.1. The third kappa shape index (κ3) is 4.34. The number of hydrogen-bond donors (Lipinski definition) is 2. The molecule has 21 heavy (non-hydrogen) atoms. The molecule has 0 aliphatic heterocycles. The molecule has 0 saturated carbocycles. The standard InChI is InChI=1S/C14H16FNO3S2/c1-10-2-7-14(20-10)21(18,19)16-9-8-13(17)11-3-5-12(15)6-4-11/h2-7,13,16-17H,8-9H2,1H3. The molecule has 0 saturated heterocycles. The lowest BCUT2D eigenvalue weighted by molar-refractivity contribution is 0.169. The van der Waals surface area contributed by atoms with Gasteiger partial charge in [-0.3, -0.25) is 0 Å². The summed E-state index contributed by atoms with van der Waals surface area (Å²) in [7, 11) is -3.53. The second kappa shape index (κ2) is 6.65. The third-order valence-electron chi connectivity index (χ3n) is 2.95. The molecule has 1 unspecified atom stereocenters. The van der Waals surface area contributed by atoms with Crippen molar-refractivity contribution in [1.82, 2.24) is 4.72 Å². The Hall–Kier alpha value is -1.28. The molecule has 0 aliphatic rings. The average molecular weight is 329 g/mol. The molecule has 0 fully saturated rings. The zero-order chi connectivity index (χ0) is 15.5. The highest BCUT2D eigenvalue weighted by molar-refractivity contribution is 7.91. The topological polar surface area (TPSA) is 66.4 Å². The quantitative estimate of drug-likeness (QED) is 0.856. The lowest BCUT2D eigenvalue weighted by Crippen LogP contribution is -2.25. The van der Waals surface area contributed by atoms with Crippen LogP contribution in [0.4, 0.5) is 4.39 Å². The second-order valence-electron chi connectivity index (χ2n) is 4.62. The maximum Gasteiger partial charge on any atom is 0.250 e. The largest absolute Gasteiger partial charge is 0.388 e. The highest BCUT2D eigenvalue weighted by Gasteiger charge is 2.16. The summed E-state index contributed by atoms with van der Waals surface area (Å²) in [6.45, 7) is 1.94. The van der Waals surface area contributed by atoms with Crippen molar-refractivity contribution < 1.29 is 17.9 Å². The van der Waals surface area contributed by atoms with Gasteiger partial charge >= 0.3 is 0 Å². The second-order valence-corrected chi connectivity index (χ2v) is 7.90. The summed E-state index contributed by atoms with van der Waals surface area (Å²) in [5.74, 6) is -0.375. The molecule has 2 N–H and O–H groups in total. The molecule has 1 aromatic carbocycles. The Bertz CT molecular complexity index is 695. The SMILES string of the molecule is Cc1ccc(S(=O)(=O)NCCC(O)c2ccc(F)cc2)s1.